The molecule has 20 heavy (non-hydrogen) atoms. The standard InChI is InChI=1S/C15H18N4O/c1-10-3-4-14-11(7-10)8-15(20-14)13(17-16)9-12-5-6-19(2)18-12/h3-8,13,17H,9,16H2,1-2H3. The summed E-state index contributed by atoms with van der Waals surface area (Å²) in [5, 5.41) is 5.47. The summed E-state index contributed by atoms with van der Waals surface area (Å²) in [6, 6.07) is 10.1. The van der Waals surface area contributed by atoms with Crippen LogP contribution in [0, 0.1) is 6.92 Å². The lowest BCUT2D eigenvalue weighted by Crippen LogP contribution is -2.29. The summed E-state index contributed by atoms with van der Waals surface area (Å²) >= 11 is 0. The van der Waals surface area contributed by atoms with E-state index in [-0.39, 0.29) is 6.04 Å². The molecular formula is C15H18N4O. The minimum absolute atomic E-state index is 0.0855. The average Bonchev–Trinajstić information content (AvgIpc) is 3.01. The van der Waals surface area contributed by atoms with Crippen molar-refractivity contribution in [1.82, 2.24) is 15.2 Å². The van der Waals surface area contributed by atoms with Gasteiger partial charge in [0.2, 0.25) is 0 Å². The predicted octanol–water partition coefficient (Wildman–Crippen LogP) is 2.22. The van der Waals surface area contributed by atoms with E-state index < -0.39 is 0 Å². The van der Waals surface area contributed by atoms with Gasteiger partial charge in [0, 0.05) is 25.1 Å². The second kappa shape index (κ2) is 5.11. The highest BCUT2D eigenvalue weighted by Crippen LogP contribution is 2.26. The van der Waals surface area contributed by atoms with E-state index in [4.69, 9.17) is 10.3 Å². The van der Waals surface area contributed by atoms with Gasteiger partial charge < -0.3 is 4.42 Å². The van der Waals surface area contributed by atoms with Crippen LogP contribution in [-0.4, -0.2) is 9.78 Å². The highest BCUT2D eigenvalue weighted by molar-refractivity contribution is 5.78. The number of nitrogens with two attached hydrogens (primary N) is 1. The Morgan fingerprint density at radius 1 is 1.35 bits per heavy atom. The molecule has 104 valence electrons. The zero-order valence-corrected chi connectivity index (χ0v) is 11.6. The summed E-state index contributed by atoms with van der Waals surface area (Å²) in [4.78, 5) is 0. The van der Waals surface area contributed by atoms with Gasteiger partial charge in [0.05, 0.1) is 11.7 Å². The van der Waals surface area contributed by atoms with E-state index in [2.05, 4.69) is 23.5 Å². The van der Waals surface area contributed by atoms with Crippen molar-refractivity contribution in [2.45, 2.75) is 19.4 Å². The van der Waals surface area contributed by atoms with E-state index in [1.54, 1.807) is 4.68 Å². The molecule has 0 fully saturated rings. The molecule has 0 saturated heterocycles. The maximum Gasteiger partial charge on any atom is 0.134 e. The summed E-state index contributed by atoms with van der Waals surface area (Å²) in [7, 11) is 1.90. The van der Waals surface area contributed by atoms with Crippen LogP contribution in [0.3, 0.4) is 0 Å². The van der Waals surface area contributed by atoms with E-state index >= 15 is 0 Å². The SMILES string of the molecule is Cc1ccc2oc(C(Cc3ccn(C)n3)NN)cc2c1. The first-order chi connectivity index (χ1) is 9.65. The molecule has 1 aromatic carbocycles. The molecule has 2 heterocycles. The molecule has 0 saturated carbocycles. The lowest BCUT2D eigenvalue weighted by Gasteiger charge is -2.11. The quantitative estimate of drug-likeness (QED) is 0.563. The fourth-order valence-corrected chi connectivity index (χ4v) is 2.38. The van der Waals surface area contributed by atoms with E-state index in [1.165, 1.54) is 5.56 Å². The number of nitrogens with zero attached hydrogens (tertiary/aromatic N) is 2. The molecule has 5 nitrogen and oxygen atoms in total. The van der Waals surface area contributed by atoms with Crippen molar-refractivity contribution < 1.29 is 4.42 Å². The third-order valence-electron chi connectivity index (χ3n) is 3.42. The summed E-state index contributed by atoms with van der Waals surface area (Å²) < 4.78 is 7.66. The van der Waals surface area contributed by atoms with Crippen LogP contribution in [0.15, 0.2) is 40.9 Å². The van der Waals surface area contributed by atoms with E-state index in [9.17, 15) is 0 Å². The summed E-state index contributed by atoms with van der Waals surface area (Å²) in [5.74, 6) is 6.50. The van der Waals surface area contributed by atoms with Gasteiger partial charge in [-0.2, -0.15) is 5.10 Å². The molecule has 0 aliphatic carbocycles. The first-order valence-electron chi connectivity index (χ1n) is 6.60. The van der Waals surface area contributed by atoms with Gasteiger partial charge in [0.25, 0.3) is 0 Å². The van der Waals surface area contributed by atoms with Gasteiger partial charge in [-0.3, -0.25) is 10.5 Å². The number of furan rings is 1. The molecule has 5 heteroatoms. The van der Waals surface area contributed by atoms with Crippen molar-refractivity contribution in [2.24, 2.45) is 12.9 Å². The number of nitrogens with one attached hydrogen (secondary N) is 1. The summed E-state index contributed by atoms with van der Waals surface area (Å²) in [6.07, 6.45) is 2.61. The third-order valence-corrected chi connectivity index (χ3v) is 3.42. The van der Waals surface area contributed by atoms with E-state index in [0.29, 0.717) is 6.42 Å². The molecule has 3 rings (SSSR count). The van der Waals surface area contributed by atoms with Crippen LogP contribution in [0.1, 0.15) is 23.1 Å². The normalized spacial score (nSPS) is 12.9. The van der Waals surface area contributed by atoms with Gasteiger partial charge in [-0.25, -0.2) is 5.43 Å². The second-order valence-corrected chi connectivity index (χ2v) is 5.09. The van der Waals surface area contributed by atoms with Gasteiger partial charge in [-0.1, -0.05) is 11.6 Å². The number of fused-ring (bicyclic) bond motifs is 1. The summed E-state index contributed by atoms with van der Waals surface area (Å²) in [6.45, 7) is 2.07. The molecule has 0 radical (unpaired) electrons. The first kappa shape index (κ1) is 12.9. The Morgan fingerprint density at radius 3 is 2.90 bits per heavy atom. The van der Waals surface area contributed by atoms with E-state index in [1.807, 2.05) is 37.5 Å². The van der Waals surface area contributed by atoms with Crippen molar-refractivity contribution in [3.05, 3.63) is 53.5 Å². The minimum Gasteiger partial charge on any atom is -0.459 e. The molecule has 0 spiro atoms. The molecule has 3 N–H and O–H groups in total. The topological polar surface area (TPSA) is 69.0 Å². The monoisotopic (exact) mass is 270 g/mol. The molecule has 0 aliphatic heterocycles. The van der Waals surface area contributed by atoms with Crippen LogP contribution in [0.25, 0.3) is 11.0 Å². The number of benzene rings is 1. The predicted molar refractivity (Wildman–Crippen MR) is 77.9 cm³/mol. The first-order valence-corrected chi connectivity index (χ1v) is 6.60. The van der Waals surface area contributed by atoms with Crippen molar-refractivity contribution in [3.63, 3.8) is 0 Å². The Labute approximate surface area is 117 Å². The fourth-order valence-electron chi connectivity index (χ4n) is 2.38. The Kier molecular flexibility index (Phi) is 3.30. The van der Waals surface area contributed by atoms with Crippen molar-refractivity contribution in [1.29, 1.82) is 0 Å². The molecule has 2 aromatic heterocycles. The highest BCUT2D eigenvalue weighted by Gasteiger charge is 2.17. The molecule has 0 aliphatic rings. The van der Waals surface area contributed by atoms with Gasteiger partial charge in [0.1, 0.15) is 11.3 Å². The molecule has 1 atom stereocenters. The number of rotatable bonds is 4. The zero-order chi connectivity index (χ0) is 14.1. The van der Waals surface area contributed by atoms with Crippen molar-refractivity contribution in [2.75, 3.05) is 0 Å². The smallest absolute Gasteiger partial charge is 0.134 e. The molecule has 3 aromatic rings. The number of aromatic nitrogens is 2. The van der Waals surface area contributed by atoms with E-state index in [0.717, 1.165) is 22.4 Å². The van der Waals surface area contributed by atoms with Gasteiger partial charge in [0.15, 0.2) is 0 Å². The maximum atomic E-state index is 5.88. The van der Waals surface area contributed by atoms with Crippen molar-refractivity contribution in [3.8, 4) is 0 Å². The Morgan fingerprint density at radius 2 is 2.20 bits per heavy atom. The number of hydrogen-bond donors (Lipinski definition) is 2. The van der Waals surface area contributed by atoms with Crippen LogP contribution >= 0.6 is 0 Å². The largest absolute Gasteiger partial charge is 0.459 e. The lowest BCUT2D eigenvalue weighted by molar-refractivity contribution is 0.431. The van der Waals surface area contributed by atoms with Crippen LogP contribution in [0.4, 0.5) is 0 Å². The molecule has 0 amide bonds. The van der Waals surface area contributed by atoms with Crippen LogP contribution < -0.4 is 11.3 Å². The Hall–Kier alpha value is -2.11. The third kappa shape index (κ3) is 2.45. The van der Waals surface area contributed by atoms with Crippen LogP contribution in [0.5, 0.6) is 0 Å². The molecule has 0 bridgehead atoms. The maximum absolute atomic E-state index is 5.88. The Balaban J connectivity index is 1.90. The van der Waals surface area contributed by atoms with Gasteiger partial charge >= 0.3 is 0 Å². The number of hydrazine groups is 1. The van der Waals surface area contributed by atoms with Crippen LogP contribution in [0.2, 0.25) is 0 Å². The summed E-state index contributed by atoms with van der Waals surface area (Å²) in [5.41, 5.74) is 5.88. The van der Waals surface area contributed by atoms with Gasteiger partial charge in [-0.05, 0) is 31.2 Å². The Bertz CT molecular complexity index is 728. The average molecular weight is 270 g/mol. The highest BCUT2D eigenvalue weighted by atomic mass is 16.3. The molecule has 1 unspecified atom stereocenters. The lowest BCUT2D eigenvalue weighted by atomic mass is 10.1. The number of aryl methyl sites for hydroxylation is 2. The van der Waals surface area contributed by atoms with Crippen LogP contribution in [-0.2, 0) is 13.5 Å². The minimum atomic E-state index is -0.0855. The number of hydrogen-bond acceptors (Lipinski definition) is 4. The van der Waals surface area contributed by atoms with Crippen molar-refractivity contribution >= 4 is 11.0 Å². The van der Waals surface area contributed by atoms with Gasteiger partial charge in [-0.15, -0.1) is 0 Å². The molecular weight excluding hydrogens is 252 g/mol. The zero-order valence-electron chi connectivity index (χ0n) is 11.6. The fraction of sp³-hybridized carbons (Fsp3) is 0.267. The second-order valence-electron chi connectivity index (χ2n) is 5.09.